The molecule has 1 heterocycles. The van der Waals surface area contributed by atoms with E-state index in [1.807, 2.05) is 19.9 Å². The van der Waals surface area contributed by atoms with Crippen molar-refractivity contribution in [2.75, 3.05) is 18.4 Å². The highest BCUT2D eigenvalue weighted by molar-refractivity contribution is 5.90. The van der Waals surface area contributed by atoms with Gasteiger partial charge in [0.05, 0.1) is 5.69 Å². The Morgan fingerprint density at radius 1 is 1.41 bits per heavy atom. The topological polar surface area (TPSA) is 32.3 Å². The fourth-order valence-corrected chi connectivity index (χ4v) is 1.86. The SMILES string of the molecule is CC(C)c1cccc(F)c1NC(=O)N1CCC1. The zero-order valence-corrected chi connectivity index (χ0v) is 10.2. The summed E-state index contributed by atoms with van der Waals surface area (Å²) in [6.45, 7) is 5.48. The Morgan fingerprint density at radius 2 is 2.12 bits per heavy atom. The van der Waals surface area contributed by atoms with Crippen LogP contribution in [0.1, 0.15) is 31.7 Å². The minimum Gasteiger partial charge on any atom is -0.324 e. The Bertz CT molecular complexity index is 427. The number of para-hydroxylation sites is 1. The van der Waals surface area contributed by atoms with Crippen molar-refractivity contribution in [1.29, 1.82) is 0 Å². The molecule has 1 aromatic rings. The lowest BCUT2D eigenvalue weighted by Crippen LogP contribution is -2.44. The van der Waals surface area contributed by atoms with Gasteiger partial charge in [0.15, 0.2) is 0 Å². The average molecular weight is 236 g/mol. The van der Waals surface area contributed by atoms with E-state index >= 15 is 0 Å². The molecule has 2 rings (SSSR count). The summed E-state index contributed by atoms with van der Waals surface area (Å²) in [6, 6.07) is 4.68. The number of carbonyl (C=O) groups excluding carboxylic acids is 1. The minimum atomic E-state index is -0.370. The van der Waals surface area contributed by atoms with Crippen LogP contribution >= 0.6 is 0 Å². The molecule has 0 aliphatic carbocycles. The van der Waals surface area contributed by atoms with E-state index < -0.39 is 0 Å². The van der Waals surface area contributed by atoms with Gasteiger partial charge in [-0.3, -0.25) is 0 Å². The quantitative estimate of drug-likeness (QED) is 0.840. The highest BCUT2D eigenvalue weighted by Gasteiger charge is 2.22. The molecule has 1 fully saturated rings. The van der Waals surface area contributed by atoms with E-state index in [1.165, 1.54) is 6.07 Å². The average Bonchev–Trinajstić information content (AvgIpc) is 2.17. The van der Waals surface area contributed by atoms with Crippen LogP contribution in [0.15, 0.2) is 18.2 Å². The van der Waals surface area contributed by atoms with E-state index in [4.69, 9.17) is 0 Å². The van der Waals surface area contributed by atoms with Crippen LogP contribution in [0.3, 0.4) is 0 Å². The van der Waals surface area contributed by atoms with Crippen molar-refractivity contribution >= 4 is 11.7 Å². The summed E-state index contributed by atoms with van der Waals surface area (Å²) in [5.74, 6) is -0.192. The number of likely N-dealkylation sites (tertiary alicyclic amines) is 1. The maximum absolute atomic E-state index is 13.7. The van der Waals surface area contributed by atoms with E-state index in [2.05, 4.69) is 5.32 Å². The first-order chi connectivity index (χ1) is 8.09. The Kier molecular flexibility index (Phi) is 3.31. The first kappa shape index (κ1) is 11.9. The second kappa shape index (κ2) is 4.73. The van der Waals surface area contributed by atoms with E-state index in [9.17, 15) is 9.18 Å². The molecule has 17 heavy (non-hydrogen) atoms. The van der Waals surface area contributed by atoms with Gasteiger partial charge in [0.1, 0.15) is 5.82 Å². The molecule has 0 saturated carbocycles. The largest absolute Gasteiger partial charge is 0.324 e. The van der Waals surface area contributed by atoms with Gasteiger partial charge in [0.25, 0.3) is 0 Å². The summed E-state index contributed by atoms with van der Waals surface area (Å²) in [4.78, 5) is 13.4. The Hall–Kier alpha value is -1.58. The van der Waals surface area contributed by atoms with Crippen molar-refractivity contribution in [3.8, 4) is 0 Å². The molecule has 0 unspecified atom stereocenters. The molecule has 0 bridgehead atoms. The van der Waals surface area contributed by atoms with Crippen molar-refractivity contribution in [3.05, 3.63) is 29.6 Å². The number of halogens is 1. The number of rotatable bonds is 2. The van der Waals surface area contributed by atoms with Crippen LogP contribution in [0.5, 0.6) is 0 Å². The summed E-state index contributed by atoms with van der Waals surface area (Å²) in [5.41, 5.74) is 1.15. The summed E-state index contributed by atoms with van der Waals surface area (Å²) < 4.78 is 13.7. The predicted octanol–water partition coefficient (Wildman–Crippen LogP) is 3.19. The van der Waals surface area contributed by atoms with Crippen molar-refractivity contribution in [2.45, 2.75) is 26.2 Å². The van der Waals surface area contributed by atoms with Gasteiger partial charge in [0, 0.05) is 13.1 Å². The first-order valence-electron chi connectivity index (χ1n) is 5.94. The molecule has 3 nitrogen and oxygen atoms in total. The lowest BCUT2D eigenvalue weighted by molar-refractivity contribution is 0.181. The van der Waals surface area contributed by atoms with Gasteiger partial charge in [-0.25, -0.2) is 9.18 Å². The lowest BCUT2D eigenvalue weighted by Gasteiger charge is -2.31. The maximum atomic E-state index is 13.7. The summed E-state index contributed by atoms with van der Waals surface area (Å²) in [6.07, 6.45) is 1.03. The molecule has 0 aromatic heterocycles. The van der Waals surface area contributed by atoms with E-state index in [0.717, 1.165) is 25.1 Å². The van der Waals surface area contributed by atoms with Crippen molar-refractivity contribution < 1.29 is 9.18 Å². The highest BCUT2D eigenvalue weighted by atomic mass is 19.1. The standard InChI is InChI=1S/C13H17FN2O/c1-9(2)10-5-3-6-11(14)12(10)15-13(17)16-7-4-8-16/h3,5-6,9H,4,7-8H2,1-2H3,(H,15,17). The van der Waals surface area contributed by atoms with Crippen molar-refractivity contribution in [2.24, 2.45) is 0 Å². The van der Waals surface area contributed by atoms with Crippen LogP contribution in [-0.4, -0.2) is 24.0 Å². The van der Waals surface area contributed by atoms with Gasteiger partial charge >= 0.3 is 6.03 Å². The van der Waals surface area contributed by atoms with Gasteiger partial charge in [-0.15, -0.1) is 0 Å². The Labute approximate surface area is 101 Å². The number of carbonyl (C=O) groups is 1. The van der Waals surface area contributed by atoms with E-state index in [-0.39, 0.29) is 17.8 Å². The molecule has 1 N–H and O–H groups in total. The van der Waals surface area contributed by atoms with Crippen LogP contribution in [0, 0.1) is 5.82 Å². The molecule has 0 radical (unpaired) electrons. The Morgan fingerprint density at radius 3 is 2.65 bits per heavy atom. The molecule has 0 spiro atoms. The second-order valence-corrected chi connectivity index (χ2v) is 4.63. The molecular formula is C13H17FN2O. The zero-order chi connectivity index (χ0) is 12.4. The third kappa shape index (κ3) is 2.40. The number of hydrogen-bond donors (Lipinski definition) is 1. The first-order valence-corrected chi connectivity index (χ1v) is 5.94. The third-order valence-corrected chi connectivity index (χ3v) is 3.04. The van der Waals surface area contributed by atoms with Crippen LogP contribution in [-0.2, 0) is 0 Å². The number of nitrogens with one attached hydrogen (secondary N) is 1. The van der Waals surface area contributed by atoms with Crippen LogP contribution in [0.25, 0.3) is 0 Å². The van der Waals surface area contributed by atoms with Gasteiger partial charge in [-0.2, -0.15) is 0 Å². The normalized spacial score (nSPS) is 14.7. The molecule has 92 valence electrons. The smallest absolute Gasteiger partial charge is 0.321 e. The number of nitrogens with zero attached hydrogens (tertiary/aromatic N) is 1. The van der Waals surface area contributed by atoms with Gasteiger partial charge in [-0.05, 0) is 24.0 Å². The molecular weight excluding hydrogens is 219 g/mol. The number of hydrogen-bond acceptors (Lipinski definition) is 1. The second-order valence-electron chi connectivity index (χ2n) is 4.63. The Balaban J connectivity index is 2.21. The fourth-order valence-electron chi connectivity index (χ4n) is 1.86. The molecule has 4 heteroatoms. The van der Waals surface area contributed by atoms with E-state index in [1.54, 1.807) is 11.0 Å². The number of amides is 2. The van der Waals surface area contributed by atoms with Crippen LogP contribution in [0.4, 0.5) is 14.9 Å². The molecule has 2 amide bonds. The third-order valence-electron chi connectivity index (χ3n) is 3.04. The monoisotopic (exact) mass is 236 g/mol. The molecule has 0 atom stereocenters. The molecule has 1 aliphatic rings. The predicted molar refractivity (Wildman–Crippen MR) is 65.7 cm³/mol. The lowest BCUT2D eigenvalue weighted by atomic mass is 10.0. The number of benzene rings is 1. The highest BCUT2D eigenvalue weighted by Crippen LogP contribution is 2.27. The zero-order valence-electron chi connectivity index (χ0n) is 10.2. The van der Waals surface area contributed by atoms with Crippen LogP contribution < -0.4 is 5.32 Å². The van der Waals surface area contributed by atoms with Gasteiger partial charge in [-0.1, -0.05) is 26.0 Å². The minimum absolute atomic E-state index is 0.178. The van der Waals surface area contributed by atoms with Crippen molar-refractivity contribution in [1.82, 2.24) is 4.90 Å². The number of anilines is 1. The summed E-state index contributed by atoms with van der Waals surface area (Å²) in [7, 11) is 0. The summed E-state index contributed by atoms with van der Waals surface area (Å²) >= 11 is 0. The maximum Gasteiger partial charge on any atom is 0.321 e. The molecule has 1 aromatic carbocycles. The van der Waals surface area contributed by atoms with Crippen molar-refractivity contribution in [3.63, 3.8) is 0 Å². The fraction of sp³-hybridized carbons (Fsp3) is 0.462. The molecule has 1 saturated heterocycles. The summed E-state index contributed by atoms with van der Waals surface area (Å²) in [5, 5.41) is 2.67. The number of urea groups is 1. The van der Waals surface area contributed by atoms with Gasteiger partial charge in [0.2, 0.25) is 0 Å². The molecule has 1 aliphatic heterocycles. The van der Waals surface area contributed by atoms with Gasteiger partial charge < -0.3 is 10.2 Å². The van der Waals surface area contributed by atoms with E-state index in [0.29, 0.717) is 5.69 Å². The van der Waals surface area contributed by atoms with Crippen LogP contribution in [0.2, 0.25) is 0 Å².